The van der Waals surface area contributed by atoms with Gasteiger partial charge in [0.1, 0.15) is 5.82 Å². The molecule has 3 aromatic rings. The number of Topliss-reactive ketones (excluding diaryl/α,β-unsaturated/α-hetero) is 1. The summed E-state index contributed by atoms with van der Waals surface area (Å²) in [7, 11) is -3.67. The van der Waals surface area contributed by atoms with Crippen LogP contribution in [0.15, 0.2) is 59.5 Å². The van der Waals surface area contributed by atoms with Crippen molar-refractivity contribution in [3.05, 3.63) is 82.9 Å². The Kier molecular flexibility index (Phi) is 7.15. The number of carbonyl (C=O) groups is 2. The molecule has 0 N–H and O–H groups in total. The summed E-state index contributed by atoms with van der Waals surface area (Å²) in [5.74, 6) is -1.47. The van der Waals surface area contributed by atoms with Gasteiger partial charge in [0.25, 0.3) is 0 Å². The average molecular weight is 501 g/mol. The van der Waals surface area contributed by atoms with E-state index in [1.54, 1.807) is 25.1 Å². The van der Waals surface area contributed by atoms with Gasteiger partial charge in [-0.05, 0) is 68.4 Å². The van der Waals surface area contributed by atoms with Crippen LogP contribution in [-0.2, 0) is 19.5 Å². The van der Waals surface area contributed by atoms with Gasteiger partial charge in [0, 0.05) is 35.7 Å². The molecule has 1 fully saturated rings. The van der Waals surface area contributed by atoms with E-state index in [-0.39, 0.29) is 35.1 Å². The number of aryl methyl sites for hydroxylation is 1. The maximum Gasteiger partial charge on any atom is 0.338 e. The molecule has 0 aliphatic carbocycles. The molecule has 1 aliphatic heterocycles. The van der Waals surface area contributed by atoms with Crippen LogP contribution >= 0.6 is 0 Å². The predicted molar refractivity (Wildman–Crippen MR) is 126 cm³/mol. The summed E-state index contributed by atoms with van der Waals surface area (Å²) in [5, 5.41) is 0. The van der Waals surface area contributed by atoms with E-state index in [0.29, 0.717) is 30.2 Å². The standard InChI is InChI=1S/C25H25FN2O6S/c1-17-15-23(18(2)28(17)21-7-5-20(26)6-8-21)24(29)16-34-25(30)19-3-9-22(10-4-19)35(31,32)27-11-13-33-14-12-27/h3-10,15H,11-14,16H2,1-2H3. The van der Waals surface area contributed by atoms with E-state index in [1.165, 1.54) is 40.7 Å². The molecule has 0 bridgehead atoms. The molecule has 184 valence electrons. The van der Waals surface area contributed by atoms with Crippen LogP contribution in [0.25, 0.3) is 5.69 Å². The Labute approximate surface area is 202 Å². The number of hydrogen-bond acceptors (Lipinski definition) is 6. The van der Waals surface area contributed by atoms with Crippen LogP contribution in [0.1, 0.15) is 32.1 Å². The summed E-state index contributed by atoms with van der Waals surface area (Å²) >= 11 is 0. The second kappa shape index (κ2) is 10.1. The summed E-state index contributed by atoms with van der Waals surface area (Å²) in [6, 6.07) is 13.0. The van der Waals surface area contributed by atoms with Gasteiger partial charge in [-0.25, -0.2) is 17.6 Å². The van der Waals surface area contributed by atoms with Crippen molar-refractivity contribution < 1.29 is 31.9 Å². The highest BCUT2D eigenvalue weighted by molar-refractivity contribution is 7.89. The maximum atomic E-state index is 13.3. The number of ketones is 1. The summed E-state index contributed by atoms with van der Waals surface area (Å²) in [6.07, 6.45) is 0. The van der Waals surface area contributed by atoms with E-state index < -0.39 is 22.6 Å². The molecular formula is C25H25FN2O6S. The highest BCUT2D eigenvalue weighted by atomic mass is 32.2. The zero-order valence-corrected chi connectivity index (χ0v) is 20.2. The third-order valence-corrected chi connectivity index (χ3v) is 7.76. The Morgan fingerprint density at radius 3 is 2.26 bits per heavy atom. The van der Waals surface area contributed by atoms with Crippen molar-refractivity contribution in [3.63, 3.8) is 0 Å². The lowest BCUT2D eigenvalue weighted by Gasteiger charge is -2.26. The zero-order valence-electron chi connectivity index (χ0n) is 19.4. The van der Waals surface area contributed by atoms with Crippen molar-refractivity contribution in [3.8, 4) is 5.69 Å². The first kappa shape index (κ1) is 24.8. The first-order valence-electron chi connectivity index (χ1n) is 11.0. The summed E-state index contributed by atoms with van der Waals surface area (Å²) in [6.45, 7) is 4.34. The van der Waals surface area contributed by atoms with E-state index in [1.807, 2.05) is 11.5 Å². The number of carbonyl (C=O) groups excluding carboxylic acids is 2. The minimum atomic E-state index is -3.67. The third kappa shape index (κ3) is 5.19. The molecule has 4 rings (SSSR count). The van der Waals surface area contributed by atoms with Crippen LogP contribution < -0.4 is 0 Å². The number of benzene rings is 2. The molecule has 0 atom stereocenters. The van der Waals surface area contributed by atoms with Gasteiger partial charge in [-0.15, -0.1) is 0 Å². The molecular weight excluding hydrogens is 475 g/mol. The van der Waals surface area contributed by atoms with Crippen LogP contribution in [0.2, 0.25) is 0 Å². The fourth-order valence-corrected chi connectivity index (χ4v) is 5.43. The number of halogens is 1. The first-order valence-corrected chi connectivity index (χ1v) is 12.5. The molecule has 2 aromatic carbocycles. The number of morpholine rings is 1. The molecule has 8 nitrogen and oxygen atoms in total. The van der Waals surface area contributed by atoms with E-state index in [4.69, 9.17) is 9.47 Å². The summed E-state index contributed by atoms with van der Waals surface area (Å²) < 4.78 is 52.2. The minimum Gasteiger partial charge on any atom is -0.454 e. The van der Waals surface area contributed by atoms with Gasteiger partial charge in [0.05, 0.1) is 23.7 Å². The number of nitrogens with zero attached hydrogens (tertiary/aromatic N) is 2. The molecule has 1 saturated heterocycles. The van der Waals surface area contributed by atoms with Gasteiger partial charge < -0.3 is 14.0 Å². The Hall–Kier alpha value is -3.34. The monoisotopic (exact) mass is 500 g/mol. The molecule has 0 radical (unpaired) electrons. The van der Waals surface area contributed by atoms with Crippen LogP contribution in [0, 0.1) is 19.7 Å². The molecule has 1 aliphatic rings. The second-order valence-electron chi connectivity index (χ2n) is 8.14. The van der Waals surface area contributed by atoms with E-state index in [2.05, 4.69) is 0 Å². The Balaban J connectivity index is 1.42. The van der Waals surface area contributed by atoms with Crippen LogP contribution in [0.4, 0.5) is 4.39 Å². The quantitative estimate of drug-likeness (QED) is 0.365. The number of rotatable bonds is 7. The Morgan fingerprint density at radius 2 is 1.63 bits per heavy atom. The van der Waals surface area contributed by atoms with E-state index in [9.17, 15) is 22.4 Å². The SMILES string of the molecule is Cc1cc(C(=O)COC(=O)c2ccc(S(=O)(=O)N3CCOCC3)cc2)c(C)n1-c1ccc(F)cc1. The lowest BCUT2D eigenvalue weighted by Crippen LogP contribution is -2.40. The van der Waals surface area contributed by atoms with Crippen molar-refractivity contribution >= 4 is 21.8 Å². The number of sulfonamides is 1. The maximum absolute atomic E-state index is 13.3. The molecule has 2 heterocycles. The van der Waals surface area contributed by atoms with Gasteiger partial charge in [0.2, 0.25) is 15.8 Å². The van der Waals surface area contributed by atoms with Gasteiger partial charge in [-0.1, -0.05) is 0 Å². The van der Waals surface area contributed by atoms with E-state index in [0.717, 1.165) is 5.69 Å². The Morgan fingerprint density at radius 1 is 1.00 bits per heavy atom. The van der Waals surface area contributed by atoms with E-state index >= 15 is 0 Å². The first-order chi connectivity index (χ1) is 16.7. The molecule has 1 aromatic heterocycles. The molecule has 35 heavy (non-hydrogen) atoms. The van der Waals surface area contributed by atoms with Gasteiger partial charge >= 0.3 is 5.97 Å². The molecule has 0 saturated carbocycles. The normalized spacial score (nSPS) is 14.6. The van der Waals surface area contributed by atoms with Crippen LogP contribution in [0.5, 0.6) is 0 Å². The summed E-state index contributed by atoms with van der Waals surface area (Å²) in [4.78, 5) is 25.3. The van der Waals surface area contributed by atoms with Gasteiger partial charge in [-0.2, -0.15) is 4.31 Å². The van der Waals surface area contributed by atoms with Gasteiger partial charge in [0.15, 0.2) is 6.61 Å². The zero-order chi connectivity index (χ0) is 25.2. The minimum absolute atomic E-state index is 0.0697. The largest absolute Gasteiger partial charge is 0.454 e. The van der Waals surface area contributed by atoms with Crippen molar-refractivity contribution in [2.75, 3.05) is 32.9 Å². The average Bonchev–Trinajstić information content (AvgIpc) is 3.17. The second-order valence-corrected chi connectivity index (χ2v) is 10.1. The molecule has 0 unspecified atom stereocenters. The highest BCUT2D eigenvalue weighted by Gasteiger charge is 2.26. The van der Waals surface area contributed by atoms with Crippen molar-refractivity contribution in [1.82, 2.24) is 8.87 Å². The topological polar surface area (TPSA) is 94.9 Å². The van der Waals surface area contributed by atoms with Crippen LogP contribution in [-0.4, -0.2) is 62.0 Å². The lowest BCUT2D eigenvalue weighted by atomic mass is 10.1. The Bertz CT molecular complexity index is 1340. The fourth-order valence-electron chi connectivity index (χ4n) is 4.02. The molecule has 10 heteroatoms. The van der Waals surface area contributed by atoms with Crippen LogP contribution in [0.3, 0.4) is 0 Å². The number of hydrogen-bond donors (Lipinski definition) is 0. The summed E-state index contributed by atoms with van der Waals surface area (Å²) in [5.41, 5.74) is 2.67. The van der Waals surface area contributed by atoms with Crippen molar-refractivity contribution in [2.45, 2.75) is 18.7 Å². The lowest BCUT2D eigenvalue weighted by molar-refractivity contribution is 0.0474. The molecule has 0 spiro atoms. The van der Waals surface area contributed by atoms with Crippen molar-refractivity contribution in [1.29, 1.82) is 0 Å². The third-order valence-electron chi connectivity index (χ3n) is 5.85. The van der Waals surface area contributed by atoms with Crippen molar-refractivity contribution in [2.24, 2.45) is 0 Å². The smallest absolute Gasteiger partial charge is 0.338 e. The predicted octanol–water partition coefficient (Wildman–Crippen LogP) is 3.29. The molecule has 0 amide bonds. The number of aromatic nitrogens is 1. The number of ether oxygens (including phenoxy) is 2. The van der Waals surface area contributed by atoms with Gasteiger partial charge in [-0.3, -0.25) is 4.79 Å². The highest BCUT2D eigenvalue weighted by Crippen LogP contribution is 2.22. The fraction of sp³-hybridized carbons (Fsp3) is 0.280. The number of esters is 1.